The molecular weight excluding hydrogens is 315 g/mol. The van der Waals surface area contributed by atoms with Crippen molar-refractivity contribution >= 4 is 13.8 Å². The molecule has 0 aliphatic heterocycles. The van der Waals surface area contributed by atoms with Crippen molar-refractivity contribution in [3.05, 3.63) is 35.9 Å². The second kappa shape index (κ2) is 10.6. The second-order valence-electron chi connectivity index (χ2n) is 5.36. The molecule has 6 heteroatoms. The van der Waals surface area contributed by atoms with E-state index < -0.39 is 25.7 Å². The Morgan fingerprint density at radius 1 is 1.22 bits per heavy atom. The number of benzene rings is 1. The molecule has 0 radical (unpaired) electrons. The van der Waals surface area contributed by atoms with E-state index in [2.05, 4.69) is 0 Å². The van der Waals surface area contributed by atoms with Gasteiger partial charge in [-0.15, -0.1) is 0 Å². The molecule has 1 N–H and O–H groups in total. The van der Waals surface area contributed by atoms with Crippen LogP contribution in [0, 0.1) is 0 Å². The molecule has 0 saturated heterocycles. The second-order valence-corrected chi connectivity index (χ2v) is 7.11. The zero-order valence-corrected chi connectivity index (χ0v) is 14.9. The van der Waals surface area contributed by atoms with E-state index >= 15 is 0 Å². The number of ether oxygens (including phenoxy) is 2. The molecule has 2 unspecified atom stereocenters. The number of carbonyl (C=O) groups is 1. The predicted octanol–water partition coefficient (Wildman–Crippen LogP) is 2.86. The number of aliphatic hydroxyl groups is 1. The fourth-order valence-electron chi connectivity index (χ4n) is 2.58. The highest BCUT2D eigenvalue weighted by Crippen LogP contribution is 2.33. The van der Waals surface area contributed by atoms with Crippen LogP contribution >= 0.6 is 7.80 Å². The number of aryl methyl sites for hydroxylation is 1. The summed E-state index contributed by atoms with van der Waals surface area (Å²) >= 11 is 0. The molecule has 0 aliphatic carbocycles. The maximum absolute atomic E-state index is 12.4. The lowest BCUT2D eigenvalue weighted by molar-refractivity contribution is -0.170. The van der Waals surface area contributed by atoms with Gasteiger partial charge in [-0.05, 0) is 38.7 Å². The number of carbonyl (C=O) groups excluding carboxylic acids is 1. The van der Waals surface area contributed by atoms with Crippen molar-refractivity contribution in [1.29, 1.82) is 0 Å². The maximum Gasteiger partial charge on any atom is 0.338 e. The zero-order chi connectivity index (χ0) is 17.1. The van der Waals surface area contributed by atoms with Crippen LogP contribution in [-0.4, -0.2) is 42.4 Å². The normalized spacial score (nSPS) is 14.9. The molecule has 0 fully saturated rings. The van der Waals surface area contributed by atoms with Gasteiger partial charge in [-0.2, -0.15) is 0 Å². The third kappa shape index (κ3) is 6.46. The Balaban J connectivity index is 2.82. The minimum absolute atomic E-state index is 0.0234. The molecule has 0 amide bonds. The molecule has 23 heavy (non-hydrogen) atoms. The summed E-state index contributed by atoms with van der Waals surface area (Å²) in [5.74, 6) is -0.485. The Labute approximate surface area is 138 Å². The monoisotopic (exact) mass is 342 g/mol. The largest absolute Gasteiger partial charge is 0.464 e. The summed E-state index contributed by atoms with van der Waals surface area (Å²) in [6.45, 7) is 4.09. The van der Waals surface area contributed by atoms with E-state index in [4.69, 9.17) is 14.6 Å². The van der Waals surface area contributed by atoms with E-state index in [1.165, 1.54) is 5.56 Å². The van der Waals surface area contributed by atoms with E-state index in [0.717, 1.165) is 6.42 Å². The molecular formula is C17H27O5P. The highest BCUT2D eigenvalue weighted by atomic mass is 31.1. The van der Waals surface area contributed by atoms with E-state index in [0.29, 0.717) is 19.4 Å². The molecule has 130 valence electrons. The average molecular weight is 342 g/mol. The summed E-state index contributed by atoms with van der Waals surface area (Å²) in [5, 5.41) is 9.11. The first-order valence-corrected chi connectivity index (χ1v) is 9.88. The van der Waals surface area contributed by atoms with Crippen LogP contribution in [0.4, 0.5) is 0 Å². The molecule has 0 aromatic heterocycles. The summed E-state index contributed by atoms with van der Waals surface area (Å²) in [7, 11) is -2.28. The third-order valence-corrected chi connectivity index (χ3v) is 4.93. The van der Waals surface area contributed by atoms with Gasteiger partial charge in [0.2, 0.25) is 0 Å². The highest BCUT2D eigenvalue weighted by molar-refractivity contribution is 7.44. The Morgan fingerprint density at radius 3 is 2.48 bits per heavy atom. The smallest absolute Gasteiger partial charge is 0.338 e. The van der Waals surface area contributed by atoms with Gasteiger partial charge < -0.3 is 19.1 Å². The molecule has 0 spiro atoms. The Hall–Kier alpha value is -1.16. The van der Waals surface area contributed by atoms with Gasteiger partial charge in [0.25, 0.3) is 0 Å². The molecule has 0 heterocycles. The summed E-state index contributed by atoms with van der Waals surface area (Å²) in [6.07, 6.45) is 1.54. The quantitative estimate of drug-likeness (QED) is 0.494. The van der Waals surface area contributed by atoms with Crippen LogP contribution in [0.15, 0.2) is 30.3 Å². The third-order valence-electron chi connectivity index (χ3n) is 3.62. The van der Waals surface area contributed by atoms with Crippen molar-refractivity contribution in [2.45, 2.75) is 38.7 Å². The van der Waals surface area contributed by atoms with Crippen LogP contribution < -0.4 is 0 Å². The fraction of sp³-hybridized carbons (Fsp3) is 0.588. The van der Waals surface area contributed by atoms with Gasteiger partial charge in [0.1, 0.15) is 7.80 Å². The number of hydrogen-bond acceptors (Lipinski definition) is 5. The highest BCUT2D eigenvalue weighted by Gasteiger charge is 2.41. The van der Waals surface area contributed by atoms with Gasteiger partial charge in [0.05, 0.1) is 13.0 Å². The number of rotatable bonds is 11. The van der Waals surface area contributed by atoms with E-state index in [-0.39, 0.29) is 12.8 Å². The Bertz CT molecular complexity index is 491. The van der Waals surface area contributed by atoms with Crippen molar-refractivity contribution in [3.8, 4) is 0 Å². The fourth-order valence-corrected chi connectivity index (χ4v) is 3.75. The first-order valence-electron chi connectivity index (χ1n) is 8.05. The van der Waals surface area contributed by atoms with E-state index in [1.54, 1.807) is 13.8 Å². The average Bonchev–Trinajstić information content (AvgIpc) is 2.56. The Kier molecular flexibility index (Phi) is 9.15. The SMILES string of the molecule is CCOC(=O)C(CCCc1ccccc1)(C[PH](=O)CO)OCC. The predicted molar refractivity (Wildman–Crippen MR) is 91.3 cm³/mol. The summed E-state index contributed by atoms with van der Waals surface area (Å²) in [4.78, 5) is 12.4. The maximum atomic E-state index is 12.4. The first-order chi connectivity index (χ1) is 11.1. The lowest BCUT2D eigenvalue weighted by Gasteiger charge is -2.31. The summed E-state index contributed by atoms with van der Waals surface area (Å²) < 4.78 is 22.7. The first kappa shape index (κ1) is 19.9. The van der Waals surface area contributed by atoms with Crippen LogP contribution in [0.25, 0.3) is 0 Å². The van der Waals surface area contributed by atoms with Gasteiger partial charge >= 0.3 is 5.97 Å². The van der Waals surface area contributed by atoms with E-state index in [1.807, 2.05) is 30.3 Å². The molecule has 2 atom stereocenters. The van der Waals surface area contributed by atoms with Gasteiger partial charge in [-0.3, -0.25) is 0 Å². The lowest BCUT2D eigenvalue weighted by atomic mass is 9.96. The lowest BCUT2D eigenvalue weighted by Crippen LogP contribution is -2.46. The summed E-state index contributed by atoms with van der Waals surface area (Å²) in [5.41, 5.74) is -0.0465. The summed E-state index contributed by atoms with van der Waals surface area (Å²) in [6, 6.07) is 9.97. The minimum Gasteiger partial charge on any atom is -0.464 e. The molecule has 1 rings (SSSR count). The molecule has 0 aliphatic rings. The van der Waals surface area contributed by atoms with Crippen LogP contribution in [0.2, 0.25) is 0 Å². The van der Waals surface area contributed by atoms with Gasteiger partial charge in [0, 0.05) is 12.8 Å². The van der Waals surface area contributed by atoms with Gasteiger partial charge in [0.15, 0.2) is 5.60 Å². The molecule has 1 aromatic rings. The van der Waals surface area contributed by atoms with Crippen molar-refractivity contribution in [1.82, 2.24) is 0 Å². The van der Waals surface area contributed by atoms with Crippen molar-refractivity contribution in [2.75, 3.05) is 25.7 Å². The van der Waals surface area contributed by atoms with Gasteiger partial charge in [-0.25, -0.2) is 4.79 Å². The topological polar surface area (TPSA) is 72.8 Å². The Morgan fingerprint density at radius 2 is 1.91 bits per heavy atom. The molecule has 1 aromatic carbocycles. The molecule has 5 nitrogen and oxygen atoms in total. The van der Waals surface area contributed by atoms with Crippen molar-refractivity contribution in [3.63, 3.8) is 0 Å². The van der Waals surface area contributed by atoms with Crippen LogP contribution in [0.1, 0.15) is 32.3 Å². The molecule has 0 saturated carbocycles. The number of esters is 1. The standard InChI is InChI=1S/C17H27O5P/c1-3-21-16(19)17(22-4-2,13-23(20)14-18)12-8-11-15-9-6-5-7-10-15/h5-7,9-10,18,23H,3-4,8,11-14H2,1-2H3. The van der Waals surface area contributed by atoms with Crippen molar-refractivity contribution in [2.24, 2.45) is 0 Å². The van der Waals surface area contributed by atoms with Crippen molar-refractivity contribution < 1.29 is 23.9 Å². The van der Waals surface area contributed by atoms with E-state index in [9.17, 15) is 9.36 Å². The minimum atomic E-state index is -2.28. The number of hydrogen-bond donors (Lipinski definition) is 1. The van der Waals surface area contributed by atoms with Crippen LogP contribution in [0.5, 0.6) is 0 Å². The van der Waals surface area contributed by atoms with Crippen LogP contribution in [0.3, 0.4) is 0 Å². The molecule has 0 bridgehead atoms. The zero-order valence-electron chi connectivity index (χ0n) is 13.9. The van der Waals surface area contributed by atoms with Gasteiger partial charge in [-0.1, -0.05) is 30.3 Å². The number of aliphatic hydroxyl groups excluding tert-OH is 1. The van der Waals surface area contributed by atoms with Crippen LogP contribution in [-0.2, 0) is 25.3 Å².